The van der Waals surface area contributed by atoms with Crippen molar-refractivity contribution in [3.05, 3.63) is 35.1 Å². The Bertz CT molecular complexity index is 442. The number of hydrogen-bond acceptors (Lipinski definition) is 2. The maximum Gasteiger partial charge on any atom is 0.251 e. The van der Waals surface area contributed by atoms with Gasteiger partial charge in [0, 0.05) is 12.1 Å². The maximum atomic E-state index is 13.4. The Morgan fingerprint density at radius 3 is 2.84 bits per heavy atom. The van der Waals surface area contributed by atoms with Crippen LogP contribution in [0.2, 0.25) is 0 Å². The Balaban J connectivity index is 1.78. The van der Waals surface area contributed by atoms with Gasteiger partial charge in [-0.2, -0.15) is 0 Å². The number of aryl methyl sites for hydroxylation is 1. The van der Waals surface area contributed by atoms with Gasteiger partial charge in [0.1, 0.15) is 5.82 Å². The highest BCUT2D eigenvalue weighted by molar-refractivity contribution is 5.94. The van der Waals surface area contributed by atoms with E-state index in [2.05, 4.69) is 10.6 Å². The lowest BCUT2D eigenvalue weighted by Gasteiger charge is -2.22. The largest absolute Gasteiger partial charge is 0.352 e. The van der Waals surface area contributed by atoms with E-state index >= 15 is 0 Å². The predicted molar refractivity (Wildman–Crippen MR) is 73.7 cm³/mol. The van der Waals surface area contributed by atoms with Gasteiger partial charge >= 0.3 is 0 Å². The molecule has 0 radical (unpaired) electrons. The van der Waals surface area contributed by atoms with E-state index in [1.807, 2.05) is 0 Å². The Hall–Kier alpha value is -1.42. The smallest absolute Gasteiger partial charge is 0.251 e. The highest BCUT2D eigenvalue weighted by atomic mass is 19.1. The molecule has 0 aliphatic carbocycles. The summed E-state index contributed by atoms with van der Waals surface area (Å²) in [5.41, 5.74) is 0.958. The molecule has 0 unspecified atom stereocenters. The van der Waals surface area contributed by atoms with E-state index in [0.29, 0.717) is 23.6 Å². The van der Waals surface area contributed by atoms with Crippen molar-refractivity contribution in [1.82, 2.24) is 10.6 Å². The number of halogens is 1. The van der Waals surface area contributed by atoms with Crippen molar-refractivity contribution in [1.29, 1.82) is 0 Å². The third-order valence-corrected chi connectivity index (χ3v) is 3.73. The first-order valence-corrected chi connectivity index (χ1v) is 6.92. The van der Waals surface area contributed by atoms with Crippen LogP contribution < -0.4 is 10.6 Å². The fourth-order valence-electron chi connectivity index (χ4n) is 2.40. The van der Waals surface area contributed by atoms with Gasteiger partial charge in [-0.25, -0.2) is 4.39 Å². The summed E-state index contributed by atoms with van der Waals surface area (Å²) in [5.74, 6) is 0.176. The van der Waals surface area contributed by atoms with E-state index in [4.69, 9.17) is 0 Å². The number of carbonyl (C=O) groups is 1. The molecule has 0 atom stereocenters. The van der Waals surface area contributed by atoms with Crippen LogP contribution in [-0.4, -0.2) is 25.5 Å². The first-order chi connectivity index (χ1) is 9.16. The lowest BCUT2D eigenvalue weighted by molar-refractivity contribution is 0.0950. The molecule has 104 valence electrons. The fourth-order valence-corrected chi connectivity index (χ4v) is 2.40. The van der Waals surface area contributed by atoms with Crippen molar-refractivity contribution >= 4 is 5.91 Å². The summed E-state index contributed by atoms with van der Waals surface area (Å²) in [4.78, 5) is 11.9. The SMILES string of the molecule is Cc1ccc(C(=O)NCCC2CCNCC2)cc1F. The van der Waals surface area contributed by atoms with Gasteiger partial charge in [0.15, 0.2) is 0 Å². The van der Waals surface area contributed by atoms with E-state index in [-0.39, 0.29) is 11.7 Å². The van der Waals surface area contributed by atoms with Crippen LogP contribution in [0.15, 0.2) is 18.2 Å². The quantitative estimate of drug-likeness (QED) is 0.875. The van der Waals surface area contributed by atoms with Crippen LogP contribution in [0.3, 0.4) is 0 Å². The molecule has 2 rings (SSSR count). The lowest BCUT2D eigenvalue weighted by Crippen LogP contribution is -2.31. The van der Waals surface area contributed by atoms with Crippen LogP contribution in [0.25, 0.3) is 0 Å². The van der Waals surface area contributed by atoms with Crippen LogP contribution in [0.5, 0.6) is 0 Å². The summed E-state index contributed by atoms with van der Waals surface area (Å²) in [6.07, 6.45) is 3.35. The van der Waals surface area contributed by atoms with Crippen LogP contribution in [0, 0.1) is 18.7 Å². The number of hydrogen-bond donors (Lipinski definition) is 2. The molecule has 1 aromatic carbocycles. The lowest BCUT2D eigenvalue weighted by atomic mass is 9.95. The molecule has 19 heavy (non-hydrogen) atoms. The van der Waals surface area contributed by atoms with Crippen LogP contribution >= 0.6 is 0 Å². The van der Waals surface area contributed by atoms with Crippen molar-refractivity contribution in [3.63, 3.8) is 0 Å². The number of nitrogens with one attached hydrogen (secondary N) is 2. The monoisotopic (exact) mass is 264 g/mol. The van der Waals surface area contributed by atoms with E-state index in [1.54, 1.807) is 19.1 Å². The average Bonchev–Trinajstić information content (AvgIpc) is 2.43. The molecule has 0 bridgehead atoms. The van der Waals surface area contributed by atoms with Gasteiger partial charge in [0.2, 0.25) is 0 Å². The van der Waals surface area contributed by atoms with Crippen molar-refractivity contribution in [2.75, 3.05) is 19.6 Å². The highest BCUT2D eigenvalue weighted by Crippen LogP contribution is 2.15. The van der Waals surface area contributed by atoms with Crippen LogP contribution in [0.4, 0.5) is 4.39 Å². The van der Waals surface area contributed by atoms with E-state index in [0.717, 1.165) is 19.5 Å². The Labute approximate surface area is 113 Å². The molecule has 4 heteroatoms. The van der Waals surface area contributed by atoms with Crippen LogP contribution in [0.1, 0.15) is 35.2 Å². The van der Waals surface area contributed by atoms with Gasteiger partial charge < -0.3 is 10.6 Å². The number of benzene rings is 1. The molecule has 1 amide bonds. The Kier molecular flexibility index (Phi) is 4.91. The molecule has 0 saturated carbocycles. The van der Waals surface area contributed by atoms with Gasteiger partial charge in [0.25, 0.3) is 5.91 Å². The van der Waals surface area contributed by atoms with Crippen LogP contribution in [-0.2, 0) is 0 Å². The normalized spacial score (nSPS) is 16.3. The van der Waals surface area contributed by atoms with Gasteiger partial charge in [0.05, 0.1) is 0 Å². The number of amides is 1. The van der Waals surface area contributed by atoms with Crippen molar-refractivity contribution in [2.24, 2.45) is 5.92 Å². The molecular weight excluding hydrogens is 243 g/mol. The third kappa shape index (κ3) is 4.03. The third-order valence-electron chi connectivity index (χ3n) is 3.73. The van der Waals surface area contributed by atoms with Gasteiger partial charge in [-0.15, -0.1) is 0 Å². The predicted octanol–water partition coefficient (Wildman–Crippen LogP) is 2.25. The zero-order valence-corrected chi connectivity index (χ0v) is 11.3. The summed E-state index contributed by atoms with van der Waals surface area (Å²) in [7, 11) is 0. The maximum absolute atomic E-state index is 13.4. The first kappa shape index (κ1) is 14.0. The molecule has 1 aliphatic heterocycles. The molecule has 1 heterocycles. The molecule has 1 aromatic rings. The molecule has 2 N–H and O–H groups in total. The van der Waals surface area contributed by atoms with Crippen molar-refractivity contribution < 1.29 is 9.18 Å². The molecule has 0 aromatic heterocycles. The fraction of sp³-hybridized carbons (Fsp3) is 0.533. The van der Waals surface area contributed by atoms with Gasteiger partial charge in [-0.1, -0.05) is 6.07 Å². The molecule has 1 fully saturated rings. The summed E-state index contributed by atoms with van der Waals surface area (Å²) in [6.45, 7) is 4.50. The van der Waals surface area contributed by atoms with E-state index in [9.17, 15) is 9.18 Å². The zero-order valence-electron chi connectivity index (χ0n) is 11.3. The first-order valence-electron chi connectivity index (χ1n) is 6.92. The van der Waals surface area contributed by atoms with Gasteiger partial charge in [-0.05, 0) is 62.9 Å². The Morgan fingerprint density at radius 2 is 2.16 bits per heavy atom. The second-order valence-corrected chi connectivity index (χ2v) is 5.20. The molecule has 0 spiro atoms. The summed E-state index contributed by atoms with van der Waals surface area (Å²) >= 11 is 0. The zero-order chi connectivity index (χ0) is 13.7. The topological polar surface area (TPSA) is 41.1 Å². The number of piperidine rings is 1. The summed E-state index contributed by atoms with van der Waals surface area (Å²) in [6, 6.07) is 4.60. The second-order valence-electron chi connectivity index (χ2n) is 5.20. The summed E-state index contributed by atoms with van der Waals surface area (Å²) in [5, 5.41) is 6.19. The highest BCUT2D eigenvalue weighted by Gasteiger charge is 2.13. The summed E-state index contributed by atoms with van der Waals surface area (Å²) < 4.78 is 13.4. The standard InChI is InChI=1S/C15H21FN2O/c1-11-2-3-13(10-14(11)16)15(19)18-9-6-12-4-7-17-8-5-12/h2-3,10,12,17H,4-9H2,1H3,(H,18,19). The average molecular weight is 264 g/mol. The molecular formula is C15H21FN2O. The van der Waals surface area contributed by atoms with Gasteiger partial charge in [-0.3, -0.25) is 4.79 Å². The Morgan fingerprint density at radius 1 is 1.42 bits per heavy atom. The minimum Gasteiger partial charge on any atom is -0.352 e. The van der Waals surface area contributed by atoms with E-state index in [1.165, 1.54) is 18.9 Å². The van der Waals surface area contributed by atoms with Crippen molar-refractivity contribution in [2.45, 2.75) is 26.2 Å². The second kappa shape index (κ2) is 6.66. The number of carbonyl (C=O) groups excluding carboxylic acids is 1. The number of rotatable bonds is 4. The molecule has 1 saturated heterocycles. The van der Waals surface area contributed by atoms with Crippen molar-refractivity contribution in [3.8, 4) is 0 Å². The molecule has 1 aliphatic rings. The minimum atomic E-state index is -0.328. The molecule has 3 nitrogen and oxygen atoms in total. The van der Waals surface area contributed by atoms with E-state index < -0.39 is 0 Å². The minimum absolute atomic E-state index is 0.187.